The third kappa shape index (κ3) is 6.63. The summed E-state index contributed by atoms with van der Waals surface area (Å²) in [5.74, 6) is 1.45. The van der Waals surface area contributed by atoms with Crippen LogP contribution in [0.3, 0.4) is 0 Å². The van der Waals surface area contributed by atoms with Gasteiger partial charge in [-0.05, 0) is 74.9 Å². The molecule has 0 bridgehead atoms. The van der Waals surface area contributed by atoms with E-state index in [2.05, 4.69) is 59.7 Å². The highest BCUT2D eigenvalue weighted by molar-refractivity contribution is 6.74. The Labute approximate surface area is 259 Å². The summed E-state index contributed by atoms with van der Waals surface area (Å²) in [4.78, 5) is 35.5. The number of nitrogens with one attached hydrogen (secondary N) is 3. The summed E-state index contributed by atoms with van der Waals surface area (Å²) in [6.07, 6.45) is 2.89. The monoisotopic (exact) mass is 624 g/mol. The minimum absolute atomic E-state index is 0.105. The topological polar surface area (TPSA) is 151 Å². The van der Waals surface area contributed by atoms with E-state index in [-0.39, 0.29) is 16.4 Å². The lowest BCUT2D eigenvalue weighted by molar-refractivity contribution is -0.129. The number of nitrogens with zero attached hydrogens (tertiary/aromatic N) is 3. The molecule has 1 saturated heterocycles. The zero-order chi connectivity index (χ0) is 31.9. The van der Waals surface area contributed by atoms with E-state index in [1.807, 2.05) is 6.07 Å². The summed E-state index contributed by atoms with van der Waals surface area (Å²) >= 11 is 0. The lowest BCUT2D eigenvalue weighted by Gasteiger charge is -2.43. The van der Waals surface area contributed by atoms with E-state index in [0.717, 1.165) is 19.3 Å². The van der Waals surface area contributed by atoms with Crippen molar-refractivity contribution in [2.45, 2.75) is 77.6 Å². The highest BCUT2D eigenvalue weighted by Crippen LogP contribution is 2.41. The fraction of sp³-hybridized carbons (Fsp3) is 0.548. The molecule has 5 rings (SSSR count). The van der Waals surface area contributed by atoms with E-state index < -0.39 is 20.0 Å². The molecular formula is C31H44N6O6Si. The average molecular weight is 625 g/mol. The maximum Gasteiger partial charge on any atom is 0.404 e. The predicted octanol–water partition coefficient (Wildman–Crippen LogP) is 6.34. The van der Waals surface area contributed by atoms with Crippen LogP contribution in [0.4, 0.5) is 27.9 Å². The molecule has 4 N–H and O–H groups in total. The van der Waals surface area contributed by atoms with Gasteiger partial charge in [0.05, 0.1) is 12.0 Å². The SMILES string of the molecule is CC1(C)Oc2ccc(Nc3nc(N4CCC(CCO[Si](C)(C)C(C)(C)C)(CNC(=O)O)CC4)c4occc4n3)cc2NC1=O. The molecule has 12 nitrogen and oxygen atoms in total. The maximum atomic E-state index is 12.4. The highest BCUT2D eigenvalue weighted by Gasteiger charge is 2.40. The fourth-order valence-corrected chi connectivity index (χ4v) is 6.39. The summed E-state index contributed by atoms with van der Waals surface area (Å²) in [5.41, 5.74) is 1.36. The highest BCUT2D eigenvalue weighted by atomic mass is 28.4. The molecule has 1 aromatic carbocycles. The summed E-state index contributed by atoms with van der Waals surface area (Å²) < 4.78 is 18.2. The van der Waals surface area contributed by atoms with Crippen LogP contribution < -0.4 is 25.6 Å². The molecule has 0 spiro atoms. The first kappa shape index (κ1) is 31.6. The van der Waals surface area contributed by atoms with Gasteiger partial charge in [0.1, 0.15) is 11.3 Å². The van der Waals surface area contributed by atoms with Crippen LogP contribution in [0.15, 0.2) is 34.9 Å². The van der Waals surface area contributed by atoms with Crippen LogP contribution in [0.1, 0.15) is 53.9 Å². The zero-order valence-corrected chi connectivity index (χ0v) is 27.7. The Morgan fingerprint density at radius 3 is 2.59 bits per heavy atom. The van der Waals surface area contributed by atoms with Crippen LogP contribution in [0.5, 0.6) is 5.75 Å². The summed E-state index contributed by atoms with van der Waals surface area (Å²) in [5, 5.41) is 18.3. The molecule has 0 aliphatic carbocycles. The van der Waals surface area contributed by atoms with E-state index in [0.29, 0.717) is 66.2 Å². The minimum atomic E-state index is -1.92. The first-order chi connectivity index (χ1) is 20.6. The van der Waals surface area contributed by atoms with Crippen LogP contribution in [-0.2, 0) is 9.22 Å². The standard InChI is InChI=1S/C31H44N6O6Si/c1-29(2,3)44(6,7)42-17-13-31(19-32-28(39)40)11-14-37(15-12-31)25-24-21(10-16-41-24)35-27(36-25)33-20-8-9-23-22(18-20)34-26(38)30(4,5)43-23/h8-10,16,18,32H,11-15,17,19H2,1-7H3,(H,34,38)(H,39,40)(H,33,35,36). The molecule has 44 heavy (non-hydrogen) atoms. The van der Waals surface area contributed by atoms with Gasteiger partial charge < -0.3 is 39.5 Å². The molecule has 2 aliphatic rings. The zero-order valence-electron chi connectivity index (χ0n) is 26.7. The summed E-state index contributed by atoms with van der Waals surface area (Å²) in [7, 11) is -1.92. The molecule has 0 radical (unpaired) electrons. The fourth-order valence-electron chi connectivity index (χ4n) is 5.35. The number of piperidine rings is 1. The third-order valence-electron chi connectivity index (χ3n) is 9.32. The van der Waals surface area contributed by atoms with E-state index >= 15 is 0 Å². The minimum Gasteiger partial charge on any atom is -0.476 e. The van der Waals surface area contributed by atoms with Crippen molar-refractivity contribution in [2.24, 2.45) is 5.41 Å². The number of rotatable bonds is 9. The number of carbonyl (C=O) groups is 2. The van der Waals surface area contributed by atoms with E-state index in [4.69, 9.17) is 18.6 Å². The van der Waals surface area contributed by atoms with Gasteiger partial charge in [0.15, 0.2) is 25.3 Å². The Kier molecular flexibility index (Phi) is 8.31. The van der Waals surface area contributed by atoms with Gasteiger partial charge in [-0.25, -0.2) is 9.78 Å². The van der Waals surface area contributed by atoms with Gasteiger partial charge in [0, 0.05) is 38.0 Å². The van der Waals surface area contributed by atoms with Crippen LogP contribution in [-0.4, -0.2) is 67.2 Å². The van der Waals surface area contributed by atoms with Crippen molar-refractivity contribution in [3.63, 3.8) is 0 Å². The van der Waals surface area contributed by atoms with E-state index in [9.17, 15) is 14.7 Å². The number of furan rings is 1. The van der Waals surface area contributed by atoms with Gasteiger partial charge in [0.25, 0.3) is 5.91 Å². The summed E-state index contributed by atoms with van der Waals surface area (Å²) in [6, 6.07) is 7.26. The average Bonchev–Trinajstić information content (AvgIpc) is 3.41. The van der Waals surface area contributed by atoms with Gasteiger partial charge in [-0.3, -0.25) is 4.79 Å². The predicted molar refractivity (Wildman–Crippen MR) is 173 cm³/mol. The third-order valence-corrected chi connectivity index (χ3v) is 13.9. The van der Waals surface area contributed by atoms with E-state index in [1.165, 1.54) is 0 Å². The van der Waals surface area contributed by atoms with Gasteiger partial charge in [-0.2, -0.15) is 4.98 Å². The van der Waals surface area contributed by atoms with Crippen molar-refractivity contribution in [2.75, 3.05) is 41.8 Å². The Morgan fingerprint density at radius 2 is 1.91 bits per heavy atom. The van der Waals surface area contributed by atoms with Gasteiger partial charge in [-0.15, -0.1) is 0 Å². The largest absolute Gasteiger partial charge is 0.476 e. The first-order valence-corrected chi connectivity index (χ1v) is 18.0. The molecule has 0 saturated carbocycles. The van der Waals surface area contributed by atoms with Crippen molar-refractivity contribution in [3.05, 3.63) is 30.5 Å². The molecule has 2 amide bonds. The normalized spacial score (nSPS) is 17.9. The second kappa shape index (κ2) is 11.6. The molecule has 1 fully saturated rings. The van der Waals surface area contributed by atoms with Crippen LogP contribution in [0.25, 0.3) is 11.1 Å². The second-order valence-electron chi connectivity index (χ2n) is 13.9. The van der Waals surface area contributed by atoms with Crippen molar-refractivity contribution in [1.82, 2.24) is 15.3 Å². The molecule has 238 valence electrons. The van der Waals surface area contributed by atoms with Crippen LogP contribution >= 0.6 is 0 Å². The van der Waals surface area contributed by atoms with Crippen molar-refractivity contribution in [1.29, 1.82) is 0 Å². The number of carbonyl (C=O) groups excluding carboxylic acids is 1. The smallest absolute Gasteiger partial charge is 0.404 e. The number of aromatic nitrogens is 2. The van der Waals surface area contributed by atoms with Gasteiger partial charge in [-0.1, -0.05) is 20.8 Å². The Bertz CT molecular complexity index is 1540. The second-order valence-corrected chi connectivity index (χ2v) is 18.7. The quantitative estimate of drug-likeness (QED) is 0.199. The Hall–Kier alpha value is -3.84. The molecule has 2 aliphatic heterocycles. The Morgan fingerprint density at radius 1 is 1.18 bits per heavy atom. The molecular weight excluding hydrogens is 580 g/mol. The lowest BCUT2D eigenvalue weighted by atomic mass is 9.75. The molecule has 13 heteroatoms. The lowest BCUT2D eigenvalue weighted by Crippen LogP contribution is -2.48. The summed E-state index contributed by atoms with van der Waals surface area (Å²) in [6.45, 7) is 16.9. The Balaban J connectivity index is 1.32. The number of amides is 2. The molecule has 0 unspecified atom stereocenters. The first-order valence-electron chi connectivity index (χ1n) is 15.1. The molecule has 3 aromatic rings. The van der Waals surface area contributed by atoms with Crippen molar-refractivity contribution < 1.29 is 28.3 Å². The number of carboxylic acid groups (broad SMARTS) is 1. The van der Waals surface area contributed by atoms with Crippen LogP contribution in [0, 0.1) is 5.41 Å². The number of fused-ring (bicyclic) bond motifs is 2. The van der Waals surface area contributed by atoms with Crippen molar-refractivity contribution in [3.8, 4) is 5.75 Å². The molecule has 2 aromatic heterocycles. The number of anilines is 4. The van der Waals surface area contributed by atoms with E-state index in [1.54, 1.807) is 38.3 Å². The van der Waals surface area contributed by atoms with Gasteiger partial charge in [0.2, 0.25) is 5.95 Å². The van der Waals surface area contributed by atoms with Crippen LogP contribution in [0.2, 0.25) is 18.1 Å². The molecule has 4 heterocycles. The number of hydrogen-bond acceptors (Lipinski definition) is 9. The van der Waals surface area contributed by atoms with Gasteiger partial charge >= 0.3 is 6.09 Å². The van der Waals surface area contributed by atoms with Crippen molar-refractivity contribution >= 4 is 54.6 Å². The maximum absolute atomic E-state index is 12.4. The number of hydrogen-bond donors (Lipinski definition) is 4. The number of ether oxygens (including phenoxy) is 1. The molecule has 0 atom stereocenters. The number of benzene rings is 1.